The summed E-state index contributed by atoms with van der Waals surface area (Å²) >= 11 is 1.84. The van der Waals surface area contributed by atoms with Crippen LogP contribution in [0.25, 0.3) is 98.5 Å². The van der Waals surface area contributed by atoms with Gasteiger partial charge in [0.05, 0.1) is 5.56 Å². The van der Waals surface area contributed by atoms with E-state index in [0.717, 1.165) is 55.3 Å². The number of benzene rings is 7. The van der Waals surface area contributed by atoms with Gasteiger partial charge >= 0.3 is 0 Å². The van der Waals surface area contributed by atoms with Crippen molar-refractivity contribution in [1.82, 2.24) is 15.0 Å². The lowest BCUT2D eigenvalue weighted by Crippen LogP contribution is -2.00. The van der Waals surface area contributed by atoms with Crippen molar-refractivity contribution in [1.29, 1.82) is 0 Å². The molecule has 50 heavy (non-hydrogen) atoms. The maximum Gasteiger partial charge on any atom is 0.167 e. The van der Waals surface area contributed by atoms with Crippen molar-refractivity contribution in [3.05, 3.63) is 164 Å². The summed E-state index contributed by atoms with van der Waals surface area (Å²) in [4.78, 5) is 15.3. The maximum absolute atomic E-state index is 6.74. The monoisotopic (exact) mass is 657 g/mol. The molecule has 234 valence electrons. The normalized spacial score (nSPS) is 11.6. The van der Waals surface area contributed by atoms with Gasteiger partial charge in [0, 0.05) is 47.6 Å². The van der Waals surface area contributed by atoms with Crippen molar-refractivity contribution in [2.45, 2.75) is 0 Å². The van der Waals surface area contributed by atoms with E-state index in [0.29, 0.717) is 17.5 Å². The first kappa shape index (κ1) is 28.6. The average Bonchev–Trinajstić information content (AvgIpc) is 3.77. The van der Waals surface area contributed by atoms with E-state index in [4.69, 9.17) is 19.4 Å². The molecule has 0 N–H and O–H groups in total. The first-order valence-electron chi connectivity index (χ1n) is 16.6. The summed E-state index contributed by atoms with van der Waals surface area (Å²) in [6, 6.07) is 56.7. The van der Waals surface area contributed by atoms with Gasteiger partial charge in [-0.2, -0.15) is 0 Å². The Morgan fingerprint density at radius 2 is 1.00 bits per heavy atom. The summed E-state index contributed by atoms with van der Waals surface area (Å²) in [5, 5.41) is 4.66. The highest BCUT2D eigenvalue weighted by molar-refractivity contribution is 7.26. The van der Waals surface area contributed by atoms with Gasteiger partial charge in [0.2, 0.25) is 0 Å². The van der Waals surface area contributed by atoms with Crippen LogP contribution in [-0.2, 0) is 0 Å². The molecule has 0 saturated carbocycles. The van der Waals surface area contributed by atoms with Crippen LogP contribution in [0.2, 0.25) is 0 Å². The van der Waals surface area contributed by atoms with Gasteiger partial charge in [0.15, 0.2) is 17.5 Å². The highest BCUT2D eigenvalue weighted by Gasteiger charge is 2.22. The molecule has 0 fully saturated rings. The number of furan rings is 1. The minimum atomic E-state index is 0.564. The number of fused-ring (bicyclic) bond motifs is 6. The van der Waals surface area contributed by atoms with E-state index in [9.17, 15) is 0 Å². The molecular weight excluding hydrogens is 631 g/mol. The Bertz CT molecular complexity index is 2870. The van der Waals surface area contributed by atoms with Crippen LogP contribution >= 0.6 is 11.3 Å². The zero-order valence-corrected chi connectivity index (χ0v) is 27.6. The van der Waals surface area contributed by atoms with Gasteiger partial charge < -0.3 is 4.42 Å². The molecule has 0 aliphatic heterocycles. The molecule has 0 aliphatic rings. The van der Waals surface area contributed by atoms with Gasteiger partial charge in [0.25, 0.3) is 0 Å². The second-order valence-corrected chi connectivity index (χ2v) is 13.4. The van der Waals surface area contributed by atoms with Gasteiger partial charge in [-0.1, -0.05) is 140 Å². The Kier molecular flexibility index (Phi) is 6.64. The third-order valence-corrected chi connectivity index (χ3v) is 10.6. The molecular formula is C45H27N3OS. The summed E-state index contributed by atoms with van der Waals surface area (Å²) in [5.41, 5.74) is 8.80. The van der Waals surface area contributed by atoms with E-state index < -0.39 is 0 Å². The second-order valence-electron chi connectivity index (χ2n) is 12.4. The fourth-order valence-electron chi connectivity index (χ4n) is 7.00. The molecule has 10 rings (SSSR count). The van der Waals surface area contributed by atoms with Crippen LogP contribution in [0.15, 0.2) is 168 Å². The molecule has 0 saturated heterocycles. The molecule has 0 unspecified atom stereocenters. The lowest BCUT2D eigenvalue weighted by molar-refractivity contribution is 0.669. The minimum Gasteiger partial charge on any atom is -0.455 e. The average molecular weight is 658 g/mol. The van der Waals surface area contributed by atoms with Crippen molar-refractivity contribution in [3.8, 4) is 56.4 Å². The van der Waals surface area contributed by atoms with Crippen LogP contribution in [0.3, 0.4) is 0 Å². The molecule has 0 bridgehead atoms. The van der Waals surface area contributed by atoms with Gasteiger partial charge in [-0.25, -0.2) is 15.0 Å². The molecule has 0 aliphatic carbocycles. The Morgan fingerprint density at radius 3 is 1.84 bits per heavy atom. The minimum absolute atomic E-state index is 0.564. The first-order valence-corrected chi connectivity index (χ1v) is 17.4. The molecule has 3 heterocycles. The third kappa shape index (κ3) is 4.71. The summed E-state index contributed by atoms with van der Waals surface area (Å²) in [7, 11) is 0. The molecule has 0 spiro atoms. The highest BCUT2D eigenvalue weighted by Crippen LogP contribution is 2.46. The fraction of sp³-hybridized carbons (Fsp3) is 0. The molecule has 5 heteroatoms. The van der Waals surface area contributed by atoms with Crippen LogP contribution in [0.1, 0.15) is 0 Å². The smallest absolute Gasteiger partial charge is 0.167 e. The van der Waals surface area contributed by atoms with Gasteiger partial charge in [-0.3, -0.25) is 0 Å². The summed E-state index contributed by atoms with van der Waals surface area (Å²) in [6.07, 6.45) is 0. The van der Waals surface area contributed by atoms with Crippen LogP contribution in [-0.4, -0.2) is 15.0 Å². The lowest BCUT2D eigenvalue weighted by Gasteiger charge is -2.11. The van der Waals surface area contributed by atoms with E-state index in [1.807, 2.05) is 59.9 Å². The van der Waals surface area contributed by atoms with Crippen molar-refractivity contribution < 1.29 is 4.42 Å². The van der Waals surface area contributed by atoms with Crippen molar-refractivity contribution >= 4 is 53.4 Å². The zero-order chi connectivity index (χ0) is 33.0. The van der Waals surface area contributed by atoms with E-state index in [-0.39, 0.29) is 0 Å². The topological polar surface area (TPSA) is 51.8 Å². The summed E-state index contributed by atoms with van der Waals surface area (Å²) in [6.45, 7) is 0. The fourth-order valence-corrected chi connectivity index (χ4v) is 8.23. The van der Waals surface area contributed by atoms with Gasteiger partial charge in [-0.05, 0) is 41.0 Å². The quantitative estimate of drug-likeness (QED) is 0.185. The molecule has 0 atom stereocenters. The largest absolute Gasteiger partial charge is 0.455 e. The number of aromatic nitrogens is 3. The van der Waals surface area contributed by atoms with Crippen LogP contribution in [0, 0.1) is 0 Å². The Morgan fingerprint density at radius 1 is 0.400 bits per heavy atom. The van der Waals surface area contributed by atoms with E-state index in [2.05, 4.69) is 115 Å². The summed E-state index contributed by atoms with van der Waals surface area (Å²) < 4.78 is 9.29. The standard InChI is InChI=1S/C45H27N3OS/c1-3-13-28(14-4-1)30-17-11-18-31(27-30)44-46-43(29-15-5-2-6-16-29)47-45(48-44)37-26-25-33(40-36-20-7-9-23-38(36)49-41(37)40)35-22-12-21-34-32-19-8-10-24-39(32)50-42(34)35/h1-27H. The molecule has 7 aromatic carbocycles. The molecule has 3 aromatic heterocycles. The predicted molar refractivity (Wildman–Crippen MR) is 207 cm³/mol. The molecule has 10 aromatic rings. The Hall–Kier alpha value is -6.43. The number of nitrogens with zero attached hydrogens (tertiary/aromatic N) is 3. The van der Waals surface area contributed by atoms with Crippen LogP contribution < -0.4 is 0 Å². The van der Waals surface area contributed by atoms with E-state index in [1.54, 1.807) is 0 Å². The number of rotatable bonds is 5. The maximum atomic E-state index is 6.74. The third-order valence-electron chi connectivity index (χ3n) is 9.36. The first-order chi connectivity index (χ1) is 24.8. The Balaban J connectivity index is 1.22. The van der Waals surface area contributed by atoms with Crippen LogP contribution in [0.4, 0.5) is 0 Å². The van der Waals surface area contributed by atoms with Crippen LogP contribution in [0.5, 0.6) is 0 Å². The van der Waals surface area contributed by atoms with Crippen molar-refractivity contribution in [2.75, 3.05) is 0 Å². The number of hydrogen-bond donors (Lipinski definition) is 0. The predicted octanol–water partition coefficient (Wildman–Crippen LogP) is 12.5. The Labute approximate surface area is 292 Å². The number of para-hydroxylation sites is 1. The zero-order valence-electron chi connectivity index (χ0n) is 26.7. The highest BCUT2D eigenvalue weighted by atomic mass is 32.1. The molecule has 0 radical (unpaired) electrons. The molecule has 4 nitrogen and oxygen atoms in total. The SMILES string of the molecule is c1ccc(-c2cccc(-c3nc(-c4ccccc4)nc(-c4ccc(-c5cccc6c5sc5ccccc56)c5c4oc4ccccc45)n3)c2)cc1. The molecule has 0 amide bonds. The lowest BCUT2D eigenvalue weighted by atomic mass is 9.95. The number of thiophene rings is 1. The van der Waals surface area contributed by atoms with E-state index in [1.165, 1.54) is 25.7 Å². The summed E-state index contributed by atoms with van der Waals surface area (Å²) in [5.74, 6) is 1.78. The van der Waals surface area contributed by atoms with E-state index >= 15 is 0 Å². The second kappa shape index (κ2) is 11.6. The number of hydrogen-bond acceptors (Lipinski definition) is 5. The van der Waals surface area contributed by atoms with Crippen molar-refractivity contribution in [2.24, 2.45) is 0 Å². The van der Waals surface area contributed by atoms with Gasteiger partial charge in [0.1, 0.15) is 11.2 Å². The van der Waals surface area contributed by atoms with Gasteiger partial charge in [-0.15, -0.1) is 11.3 Å². The van der Waals surface area contributed by atoms with Crippen molar-refractivity contribution in [3.63, 3.8) is 0 Å².